The third kappa shape index (κ3) is 4.15. The maximum absolute atomic E-state index is 12.5. The minimum atomic E-state index is -0.177. The van der Waals surface area contributed by atoms with E-state index >= 15 is 0 Å². The lowest BCUT2D eigenvalue weighted by atomic mass is 9.99. The lowest BCUT2D eigenvalue weighted by molar-refractivity contribution is 0.0859. The number of hydrogen-bond donors (Lipinski definition) is 2. The number of benzene rings is 2. The van der Waals surface area contributed by atoms with Crippen LogP contribution in [0, 0.1) is 0 Å². The molecule has 126 valence electrons. The number of ether oxygens (including phenoxy) is 1. The van der Waals surface area contributed by atoms with Crippen molar-refractivity contribution in [3.8, 4) is 0 Å². The van der Waals surface area contributed by atoms with Gasteiger partial charge >= 0.3 is 6.03 Å². The first kappa shape index (κ1) is 16.5. The molecular formula is C20H24N2O2. The van der Waals surface area contributed by atoms with Crippen LogP contribution in [0.3, 0.4) is 0 Å². The second kappa shape index (κ2) is 7.97. The molecular weight excluding hydrogens is 300 g/mol. The summed E-state index contributed by atoms with van der Waals surface area (Å²) < 4.78 is 5.65. The van der Waals surface area contributed by atoms with E-state index in [0.717, 1.165) is 30.6 Å². The fraction of sp³-hybridized carbons (Fsp3) is 0.350. The summed E-state index contributed by atoms with van der Waals surface area (Å²) in [5, 5.41) is 6.12. The van der Waals surface area contributed by atoms with Crippen LogP contribution in [0.5, 0.6) is 0 Å². The van der Waals surface area contributed by atoms with Gasteiger partial charge in [-0.25, -0.2) is 4.79 Å². The molecule has 2 aromatic carbocycles. The van der Waals surface area contributed by atoms with Gasteiger partial charge in [0.25, 0.3) is 0 Å². The highest BCUT2D eigenvalue weighted by Crippen LogP contribution is 2.22. The highest BCUT2D eigenvalue weighted by atomic mass is 16.5. The average molecular weight is 324 g/mol. The van der Waals surface area contributed by atoms with Crippen molar-refractivity contribution < 1.29 is 9.53 Å². The lowest BCUT2D eigenvalue weighted by Crippen LogP contribution is -2.47. The minimum Gasteiger partial charge on any atom is -0.376 e. The van der Waals surface area contributed by atoms with Gasteiger partial charge < -0.3 is 15.4 Å². The largest absolute Gasteiger partial charge is 0.376 e. The third-order valence-corrected chi connectivity index (χ3v) is 4.42. The summed E-state index contributed by atoms with van der Waals surface area (Å²) in [7, 11) is 0. The van der Waals surface area contributed by atoms with Gasteiger partial charge in [0.05, 0.1) is 18.2 Å². The molecule has 1 heterocycles. The van der Waals surface area contributed by atoms with Gasteiger partial charge in [0.1, 0.15) is 0 Å². The molecule has 0 spiro atoms. The Balaban J connectivity index is 1.71. The molecule has 2 atom stereocenters. The van der Waals surface area contributed by atoms with Crippen molar-refractivity contribution >= 4 is 6.03 Å². The van der Waals surface area contributed by atoms with E-state index < -0.39 is 0 Å². The summed E-state index contributed by atoms with van der Waals surface area (Å²) in [5.41, 5.74) is 2.12. The van der Waals surface area contributed by atoms with Gasteiger partial charge in [-0.3, -0.25) is 0 Å². The van der Waals surface area contributed by atoms with Crippen molar-refractivity contribution in [3.05, 3.63) is 71.8 Å². The molecule has 1 aliphatic heterocycles. The first-order valence-corrected chi connectivity index (χ1v) is 8.52. The fourth-order valence-electron chi connectivity index (χ4n) is 3.12. The van der Waals surface area contributed by atoms with Gasteiger partial charge in [0.15, 0.2) is 0 Å². The maximum Gasteiger partial charge on any atom is 0.315 e. The molecule has 4 heteroatoms. The first-order chi connectivity index (χ1) is 11.7. The van der Waals surface area contributed by atoms with Gasteiger partial charge in [-0.15, -0.1) is 0 Å². The summed E-state index contributed by atoms with van der Waals surface area (Å²) in [6.07, 6.45) is 2.18. The van der Waals surface area contributed by atoms with Crippen LogP contribution in [0.1, 0.15) is 36.9 Å². The van der Waals surface area contributed by atoms with Crippen LogP contribution in [-0.4, -0.2) is 24.8 Å². The summed E-state index contributed by atoms with van der Waals surface area (Å²) in [5.74, 6) is 0. The third-order valence-electron chi connectivity index (χ3n) is 4.42. The van der Waals surface area contributed by atoms with Gasteiger partial charge in [-0.05, 0) is 30.9 Å². The van der Waals surface area contributed by atoms with Crippen LogP contribution in [0.4, 0.5) is 4.79 Å². The molecule has 0 aliphatic carbocycles. The minimum absolute atomic E-state index is 0.000281. The van der Waals surface area contributed by atoms with Crippen molar-refractivity contribution in [1.82, 2.24) is 10.6 Å². The van der Waals surface area contributed by atoms with Crippen molar-refractivity contribution in [2.45, 2.75) is 38.0 Å². The Morgan fingerprint density at radius 2 is 1.58 bits per heavy atom. The molecule has 0 saturated carbocycles. The van der Waals surface area contributed by atoms with E-state index in [2.05, 4.69) is 10.6 Å². The standard InChI is InChI=1S/C20H24N2O2/c1-15(18-13-8-14-24-18)21-20(23)22-19(16-9-4-2-5-10-16)17-11-6-3-7-12-17/h2-7,9-12,15,18-19H,8,13-14H2,1H3,(H2,21,22,23)/t15-,18-/m1/s1. The number of carbonyl (C=O) groups is 1. The molecule has 0 bridgehead atoms. The molecule has 0 unspecified atom stereocenters. The van der Waals surface area contributed by atoms with E-state index in [0.29, 0.717) is 0 Å². The molecule has 0 aromatic heterocycles. The van der Waals surface area contributed by atoms with E-state index in [1.165, 1.54) is 0 Å². The lowest BCUT2D eigenvalue weighted by Gasteiger charge is -2.24. The van der Waals surface area contributed by atoms with Gasteiger partial charge in [-0.2, -0.15) is 0 Å². The van der Waals surface area contributed by atoms with Crippen molar-refractivity contribution in [1.29, 1.82) is 0 Å². The Morgan fingerprint density at radius 3 is 2.08 bits per heavy atom. The monoisotopic (exact) mass is 324 g/mol. The summed E-state index contributed by atoms with van der Waals surface area (Å²) in [6.45, 7) is 2.78. The smallest absolute Gasteiger partial charge is 0.315 e. The van der Waals surface area contributed by atoms with E-state index in [-0.39, 0.29) is 24.2 Å². The predicted molar refractivity (Wildman–Crippen MR) is 94.8 cm³/mol. The van der Waals surface area contributed by atoms with Crippen molar-refractivity contribution in [2.24, 2.45) is 0 Å². The normalized spacial score (nSPS) is 18.3. The number of urea groups is 1. The Morgan fingerprint density at radius 1 is 1.00 bits per heavy atom. The summed E-state index contributed by atoms with van der Waals surface area (Å²) >= 11 is 0. The summed E-state index contributed by atoms with van der Waals surface area (Å²) in [6, 6.07) is 19.7. The first-order valence-electron chi connectivity index (χ1n) is 8.52. The number of rotatable bonds is 5. The van der Waals surface area contributed by atoms with Crippen LogP contribution in [0.25, 0.3) is 0 Å². The van der Waals surface area contributed by atoms with Crippen LogP contribution >= 0.6 is 0 Å². The number of amides is 2. The van der Waals surface area contributed by atoms with Crippen LogP contribution < -0.4 is 10.6 Å². The predicted octanol–water partition coefficient (Wildman–Crippen LogP) is 3.64. The van der Waals surface area contributed by atoms with Crippen molar-refractivity contribution in [2.75, 3.05) is 6.61 Å². The number of hydrogen-bond acceptors (Lipinski definition) is 2. The molecule has 24 heavy (non-hydrogen) atoms. The Kier molecular flexibility index (Phi) is 5.49. The zero-order chi connectivity index (χ0) is 16.8. The number of carbonyl (C=O) groups excluding carboxylic acids is 1. The van der Waals surface area contributed by atoms with Gasteiger partial charge in [0.2, 0.25) is 0 Å². The molecule has 2 N–H and O–H groups in total. The Hall–Kier alpha value is -2.33. The molecule has 2 amide bonds. The van der Waals surface area contributed by atoms with Crippen LogP contribution in [0.15, 0.2) is 60.7 Å². The van der Waals surface area contributed by atoms with Crippen LogP contribution in [-0.2, 0) is 4.74 Å². The van der Waals surface area contributed by atoms with E-state index in [1.807, 2.05) is 67.6 Å². The van der Waals surface area contributed by atoms with E-state index in [1.54, 1.807) is 0 Å². The molecule has 1 fully saturated rings. The zero-order valence-electron chi connectivity index (χ0n) is 13.9. The fourth-order valence-corrected chi connectivity index (χ4v) is 3.12. The molecule has 4 nitrogen and oxygen atoms in total. The SMILES string of the molecule is C[C@@H](NC(=O)NC(c1ccccc1)c1ccccc1)[C@H]1CCCO1. The summed E-state index contributed by atoms with van der Waals surface area (Å²) in [4.78, 5) is 12.5. The van der Waals surface area contributed by atoms with Gasteiger partial charge in [0, 0.05) is 6.61 Å². The molecule has 2 aromatic rings. The highest BCUT2D eigenvalue weighted by Gasteiger charge is 2.24. The van der Waals surface area contributed by atoms with Crippen molar-refractivity contribution in [3.63, 3.8) is 0 Å². The highest BCUT2D eigenvalue weighted by molar-refractivity contribution is 5.75. The van der Waals surface area contributed by atoms with Gasteiger partial charge in [-0.1, -0.05) is 60.7 Å². The molecule has 1 saturated heterocycles. The topological polar surface area (TPSA) is 50.4 Å². The Labute approximate surface area is 143 Å². The quantitative estimate of drug-likeness (QED) is 0.882. The second-order valence-electron chi connectivity index (χ2n) is 6.21. The Bertz CT molecular complexity index is 600. The van der Waals surface area contributed by atoms with E-state index in [9.17, 15) is 4.79 Å². The number of nitrogens with one attached hydrogen (secondary N) is 2. The molecule has 1 aliphatic rings. The molecule has 0 radical (unpaired) electrons. The zero-order valence-corrected chi connectivity index (χ0v) is 13.9. The average Bonchev–Trinajstić information content (AvgIpc) is 3.16. The van der Waals surface area contributed by atoms with E-state index in [4.69, 9.17) is 4.74 Å². The molecule has 3 rings (SSSR count). The van der Waals surface area contributed by atoms with Crippen LogP contribution in [0.2, 0.25) is 0 Å². The second-order valence-corrected chi connectivity index (χ2v) is 6.21. The maximum atomic E-state index is 12.5.